The molecular weight excluding hydrogens is 356 g/mol. The molecule has 4 N–H and O–H groups in total. The second-order valence-corrected chi connectivity index (χ2v) is 7.92. The first kappa shape index (κ1) is 23.3. The molecule has 0 bridgehead atoms. The molecule has 0 aromatic rings. The molecule has 1 aliphatic heterocycles. The molecule has 10 nitrogen and oxygen atoms in total. The van der Waals surface area contributed by atoms with Crippen LogP contribution in [0.3, 0.4) is 0 Å². The van der Waals surface area contributed by atoms with Crippen molar-refractivity contribution in [3.63, 3.8) is 0 Å². The maximum Gasteiger partial charge on any atom is 0.503 e. The molecule has 0 aliphatic carbocycles. The van der Waals surface area contributed by atoms with E-state index < -0.39 is 38.2 Å². The molecule has 1 fully saturated rings. The average Bonchev–Trinajstić information content (AvgIpc) is 2.59. The van der Waals surface area contributed by atoms with Gasteiger partial charge in [-0.15, -0.1) is 0 Å². The first-order valence-electron chi connectivity index (χ1n) is 7.60. The zero-order chi connectivity index (χ0) is 20.1. The van der Waals surface area contributed by atoms with E-state index in [4.69, 9.17) is 24.9 Å². The maximum absolute atomic E-state index is 12.7. The lowest BCUT2D eigenvalue weighted by Gasteiger charge is -2.34. The smallest absolute Gasteiger partial charge is 0.450 e. The van der Waals surface area contributed by atoms with Crippen molar-refractivity contribution in [2.24, 2.45) is 10.6 Å². The molecule has 1 unspecified atom stereocenters. The third-order valence-corrected chi connectivity index (χ3v) is 6.13. The van der Waals surface area contributed by atoms with Gasteiger partial charge in [0.1, 0.15) is 0 Å². The third-order valence-electron chi connectivity index (χ3n) is 4.27. The van der Waals surface area contributed by atoms with Crippen LogP contribution < -0.4 is 5.14 Å². The number of nitrogens with two attached hydrogens (primary N) is 1. The fourth-order valence-corrected chi connectivity index (χ4v) is 4.52. The van der Waals surface area contributed by atoms with Crippen LogP contribution in [-0.4, -0.2) is 66.5 Å². The highest BCUT2D eigenvalue weighted by Crippen LogP contribution is 2.48. The molecule has 0 saturated carbocycles. The molecule has 146 valence electrons. The maximum atomic E-state index is 12.7. The van der Waals surface area contributed by atoms with E-state index in [2.05, 4.69) is 0 Å². The number of primary sulfonamides is 1. The van der Waals surface area contributed by atoms with Crippen LogP contribution in [0, 0.1) is 5.41 Å². The molecule has 1 heterocycles. The number of hydrogen-bond donors (Lipinski definition) is 3. The summed E-state index contributed by atoms with van der Waals surface area (Å²) >= 11 is 0. The Morgan fingerprint density at radius 1 is 1.24 bits per heavy atom. The van der Waals surface area contributed by atoms with Crippen molar-refractivity contribution in [3.05, 3.63) is 0 Å². The van der Waals surface area contributed by atoms with Crippen LogP contribution in [0.1, 0.15) is 40.0 Å². The molecule has 2 amide bonds. The van der Waals surface area contributed by atoms with Gasteiger partial charge in [-0.3, -0.25) is 14.5 Å². The van der Waals surface area contributed by atoms with Crippen molar-refractivity contribution in [1.82, 2.24) is 4.90 Å². The molecule has 0 radical (unpaired) electrons. The van der Waals surface area contributed by atoms with Crippen LogP contribution in [0.5, 0.6) is 0 Å². The largest absolute Gasteiger partial charge is 0.503 e. The standard InChI is InChI=1S/C13H24N2O5S.CH2O3/c1-5-6-7-13(21(14,18)19)11(17)15(8-9-20-4)10(16)12(13,2)3;2-1(3)4/h5-9H2,1-4H3,(H2,14,18,19);(H2,2,3,4). The second kappa shape index (κ2) is 8.59. The van der Waals surface area contributed by atoms with Gasteiger partial charge in [0, 0.05) is 7.11 Å². The number of rotatable bonds is 7. The van der Waals surface area contributed by atoms with E-state index >= 15 is 0 Å². The lowest BCUT2D eigenvalue weighted by atomic mass is 9.77. The number of methoxy groups -OCH3 is 1. The minimum absolute atomic E-state index is 0.0288. The number of carboxylic acid groups (broad SMARTS) is 2. The molecule has 0 aromatic carbocycles. The Morgan fingerprint density at radius 3 is 2.08 bits per heavy atom. The highest BCUT2D eigenvalue weighted by atomic mass is 32.2. The average molecular weight is 382 g/mol. The molecule has 11 heteroatoms. The van der Waals surface area contributed by atoms with Gasteiger partial charge in [-0.1, -0.05) is 19.8 Å². The van der Waals surface area contributed by atoms with Gasteiger partial charge in [-0.2, -0.15) is 0 Å². The summed E-state index contributed by atoms with van der Waals surface area (Å²) in [5, 5.41) is 19.3. The molecule has 1 atom stereocenters. The SMILES string of the molecule is CCCCC1(S(N)(=O)=O)C(=O)N(CCOC)C(=O)C1(C)C.O=C(O)O. The van der Waals surface area contributed by atoms with E-state index in [1.165, 1.54) is 21.0 Å². The number of sulfonamides is 1. The summed E-state index contributed by atoms with van der Waals surface area (Å²) in [5.41, 5.74) is -1.39. The Kier molecular flexibility index (Phi) is 8.00. The summed E-state index contributed by atoms with van der Waals surface area (Å²) in [7, 11) is -2.79. The lowest BCUT2D eigenvalue weighted by Crippen LogP contribution is -2.57. The number of carbonyl (C=O) groups is 3. The normalized spacial score (nSPS) is 22.5. The Balaban J connectivity index is 0.00000129. The van der Waals surface area contributed by atoms with Crippen LogP contribution in [0.15, 0.2) is 0 Å². The van der Waals surface area contributed by atoms with Gasteiger partial charge in [0.2, 0.25) is 15.9 Å². The highest BCUT2D eigenvalue weighted by Gasteiger charge is 2.70. The van der Waals surface area contributed by atoms with E-state index in [1.807, 2.05) is 6.92 Å². The van der Waals surface area contributed by atoms with Gasteiger partial charge < -0.3 is 14.9 Å². The topological polar surface area (TPSA) is 164 Å². The first-order valence-corrected chi connectivity index (χ1v) is 9.15. The Hall–Kier alpha value is -1.72. The van der Waals surface area contributed by atoms with Crippen molar-refractivity contribution in [3.8, 4) is 0 Å². The summed E-state index contributed by atoms with van der Waals surface area (Å²) in [6.45, 7) is 5.01. The number of nitrogens with zero attached hydrogens (tertiary/aromatic N) is 1. The van der Waals surface area contributed by atoms with Crippen LogP contribution in [0.2, 0.25) is 0 Å². The third kappa shape index (κ3) is 4.47. The van der Waals surface area contributed by atoms with Crippen molar-refractivity contribution >= 4 is 28.0 Å². The van der Waals surface area contributed by atoms with Crippen LogP contribution in [-0.2, 0) is 24.3 Å². The van der Waals surface area contributed by atoms with Crippen LogP contribution in [0.4, 0.5) is 4.79 Å². The van der Waals surface area contributed by atoms with Crippen LogP contribution in [0.25, 0.3) is 0 Å². The van der Waals surface area contributed by atoms with E-state index in [1.54, 1.807) is 0 Å². The number of hydrogen-bond acceptors (Lipinski definition) is 6. The predicted molar refractivity (Wildman–Crippen MR) is 88.4 cm³/mol. The summed E-state index contributed by atoms with van der Waals surface area (Å²) < 4.78 is 27.4. The van der Waals surface area contributed by atoms with E-state index in [0.29, 0.717) is 12.8 Å². The van der Waals surface area contributed by atoms with Crippen molar-refractivity contribution in [2.45, 2.75) is 44.8 Å². The monoisotopic (exact) mass is 382 g/mol. The summed E-state index contributed by atoms with van der Waals surface area (Å²) in [6.07, 6.45) is -0.590. The van der Waals surface area contributed by atoms with Gasteiger partial charge >= 0.3 is 6.16 Å². The fourth-order valence-electron chi connectivity index (χ4n) is 2.94. The molecule has 0 spiro atoms. The quantitative estimate of drug-likeness (QED) is 0.534. The Bertz CT molecular complexity index is 612. The molecule has 0 aromatic heterocycles. The fraction of sp³-hybridized carbons (Fsp3) is 0.786. The molecular formula is C14H26N2O8S. The predicted octanol–water partition coefficient (Wildman–Crippen LogP) is 0.468. The Labute approximate surface area is 147 Å². The number of likely N-dealkylation sites (tertiary alicyclic amines) is 1. The van der Waals surface area contributed by atoms with Crippen molar-refractivity contribution < 1.29 is 37.8 Å². The van der Waals surface area contributed by atoms with E-state index in [9.17, 15) is 18.0 Å². The van der Waals surface area contributed by atoms with Crippen molar-refractivity contribution in [2.75, 3.05) is 20.3 Å². The zero-order valence-corrected chi connectivity index (χ0v) is 15.6. The van der Waals surface area contributed by atoms with Gasteiger partial charge in [0.05, 0.1) is 18.6 Å². The minimum atomic E-state index is -4.24. The van der Waals surface area contributed by atoms with Crippen LogP contribution >= 0.6 is 0 Å². The van der Waals surface area contributed by atoms with Gasteiger partial charge in [0.25, 0.3) is 5.91 Å². The minimum Gasteiger partial charge on any atom is -0.450 e. The Morgan fingerprint density at radius 2 is 1.72 bits per heavy atom. The van der Waals surface area contributed by atoms with E-state index in [0.717, 1.165) is 4.90 Å². The zero-order valence-electron chi connectivity index (χ0n) is 14.8. The number of ether oxygens (including phenoxy) is 1. The molecule has 25 heavy (non-hydrogen) atoms. The number of unbranched alkanes of at least 4 members (excludes halogenated alkanes) is 1. The first-order chi connectivity index (χ1) is 11.3. The second-order valence-electron chi connectivity index (χ2n) is 6.14. The molecule has 1 saturated heterocycles. The van der Waals surface area contributed by atoms with Gasteiger partial charge in [-0.05, 0) is 20.3 Å². The van der Waals surface area contributed by atoms with E-state index in [-0.39, 0.29) is 19.6 Å². The summed E-state index contributed by atoms with van der Waals surface area (Å²) in [6, 6.07) is 0. The molecule has 1 rings (SSSR count). The highest BCUT2D eigenvalue weighted by molar-refractivity contribution is 7.91. The number of imide groups is 1. The molecule has 1 aliphatic rings. The summed E-state index contributed by atoms with van der Waals surface area (Å²) in [4.78, 5) is 34.7. The number of carbonyl (C=O) groups excluding carboxylic acids is 2. The summed E-state index contributed by atoms with van der Waals surface area (Å²) in [5.74, 6) is -1.25. The number of amides is 2. The van der Waals surface area contributed by atoms with Crippen molar-refractivity contribution in [1.29, 1.82) is 0 Å². The van der Waals surface area contributed by atoms with Gasteiger partial charge in [0.15, 0.2) is 4.75 Å². The lowest BCUT2D eigenvalue weighted by molar-refractivity contribution is -0.141. The van der Waals surface area contributed by atoms with Gasteiger partial charge in [-0.25, -0.2) is 18.4 Å².